The lowest BCUT2D eigenvalue weighted by atomic mass is 10.1. The number of carbonyl (C=O) groups is 3. The van der Waals surface area contributed by atoms with E-state index >= 15 is 0 Å². The minimum atomic E-state index is -1.61. The third-order valence-electron chi connectivity index (χ3n) is 3.97. The van der Waals surface area contributed by atoms with E-state index in [0.29, 0.717) is 24.5 Å². The largest absolute Gasteiger partial charge is 0.489 e. The minimum absolute atomic E-state index is 0.00542. The van der Waals surface area contributed by atoms with Crippen molar-refractivity contribution < 1.29 is 29.3 Å². The van der Waals surface area contributed by atoms with E-state index in [1.54, 1.807) is 24.3 Å². The van der Waals surface area contributed by atoms with Crippen LogP contribution in [0.25, 0.3) is 0 Å². The van der Waals surface area contributed by atoms with Crippen LogP contribution in [0.3, 0.4) is 0 Å². The van der Waals surface area contributed by atoms with Crippen molar-refractivity contribution >= 4 is 18.5 Å². The molecule has 2 aromatic rings. The molecule has 8 nitrogen and oxygen atoms in total. The Morgan fingerprint density at radius 1 is 1.00 bits per heavy atom. The number of nitrogens with zero attached hydrogens (tertiary/aromatic N) is 1. The van der Waals surface area contributed by atoms with Gasteiger partial charge >= 0.3 is 12.1 Å². The van der Waals surface area contributed by atoms with Gasteiger partial charge in [0, 0.05) is 13.0 Å². The Balaban J connectivity index is 1.99. The van der Waals surface area contributed by atoms with Crippen LogP contribution in [0.5, 0.6) is 5.75 Å². The average molecular weight is 372 g/mol. The summed E-state index contributed by atoms with van der Waals surface area (Å²) in [6.45, 7) is 0.837. The highest BCUT2D eigenvalue weighted by atomic mass is 16.5. The fraction of sp³-hybridized carbons (Fsp3) is 0.211. The lowest BCUT2D eigenvalue weighted by Gasteiger charge is -2.20. The third kappa shape index (κ3) is 5.55. The van der Waals surface area contributed by atoms with Crippen molar-refractivity contribution in [2.75, 3.05) is 0 Å². The SMILES string of the molecule is NCc1ccc(COc2ccc(CC(C(=O)O)N(C=O)C(=O)O)cc2)cc1. The maximum Gasteiger partial charge on any atom is 0.414 e. The summed E-state index contributed by atoms with van der Waals surface area (Å²) in [6.07, 6.45) is -1.76. The summed E-state index contributed by atoms with van der Waals surface area (Å²) in [5, 5.41) is 18.1. The van der Waals surface area contributed by atoms with Gasteiger partial charge in [-0.2, -0.15) is 0 Å². The van der Waals surface area contributed by atoms with Crippen molar-refractivity contribution in [3.05, 3.63) is 65.2 Å². The van der Waals surface area contributed by atoms with Gasteiger partial charge in [0.2, 0.25) is 6.41 Å². The Kier molecular flexibility index (Phi) is 6.90. The Labute approximate surface area is 155 Å². The normalized spacial score (nSPS) is 11.4. The highest BCUT2D eigenvalue weighted by Crippen LogP contribution is 2.17. The summed E-state index contributed by atoms with van der Waals surface area (Å²) < 4.78 is 5.67. The van der Waals surface area contributed by atoms with E-state index in [2.05, 4.69) is 0 Å². The zero-order valence-electron chi connectivity index (χ0n) is 14.4. The number of carboxylic acid groups (broad SMARTS) is 2. The van der Waals surface area contributed by atoms with Crippen molar-refractivity contribution in [2.24, 2.45) is 5.73 Å². The van der Waals surface area contributed by atoms with Crippen molar-refractivity contribution in [3.8, 4) is 5.75 Å². The second-order valence-corrected chi connectivity index (χ2v) is 5.81. The van der Waals surface area contributed by atoms with Crippen LogP contribution < -0.4 is 10.5 Å². The highest BCUT2D eigenvalue weighted by Gasteiger charge is 2.29. The molecule has 0 saturated carbocycles. The molecule has 4 N–H and O–H groups in total. The van der Waals surface area contributed by atoms with Crippen molar-refractivity contribution in [3.63, 3.8) is 0 Å². The van der Waals surface area contributed by atoms with E-state index in [9.17, 15) is 19.5 Å². The lowest BCUT2D eigenvalue weighted by molar-refractivity contribution is -0.145. The lowest BCUT2D eigenvalue weighted by Crippen LogP contribution is -2.44. The van der Waals surface area contributed by atoms with Gasteiger partial charge in [-0.1, -0.05) is 36.4 Å². The number of ether oxygens (including phenoxy) is 1. The zero-order chi connectivity index (χ0) is 19.8. The molecule has 142 valence electrons. The second-order valence-electron chi connectivity index (χ2n) is 5.81. The van der Waals surface area contributed by atoms with Crippen molar-refractivity contribution in [1.82, 2.24) is 4.90 Å². The van der Waals surface area contributed by atoms with Crippen LogP contribution in [-0.2, 0) is 29.2 Å². The number of hydrogen-bond donors (Lipinski definition) is 3. The molecule has 1 unspecified atom stereocenters. The predicted molar refractivity (Wildman–Crippen MR) is 96.2 cm³/mol. The molecule has 0 heterocycles. The first-order valence-corrected chi connectivity index (χ1v) is 8.13. The standard InChI is InChI=1S/C19H20N2O6/c20-10-14-1-3-15(4-2-14)11-27-16-7-5-13(6-8-16)9-17(18(23)24)21(12-22)19(25)26/h1-8,12,17H,9-11,20H2,(H,23,24)(H,25,26). The molecule has 0 aromatic heterocycles. The summed E-state index contributed by atoms with van der Waals surface area (Å²) in [5.74, 6) is -0.815. The predicted octanol–water partition coefficient (Wildman–Crippen LogP) is 1.86. The first-order chi connectivity index (χ1) is 12.9. The maximum absolute atomic E-state index is 11.3. The van der Waals surface area contributed by atoms with E-state index in [1.165, 1.54) is 0 Å². The van der Waals surface area contributed by atoms with E-state index < -0.39 is 18.1 Å². The van der Waals surface area contributed by atoms with Crippen LogP contribution in [0, 0.1) is 0 Å². The number of aliphatic carboxylic acids is 1. The quantitative estimate of drug-likeness (QED) is 0.573. The van der Waals surface area contributed by atoms with Gasteiger partial charge in [0.25, 0.3) is 0 Å². The topological polar surface area (TPSA) is 130 Å². The molecule has 0 aliphatic rings. The molecule has 2 amide bonds. The van der Waals surface area contributed by atoms with E-state index in [1.807, 2.05) is 24.3 Å². The van der Waals surface area contributed by atoms with Gasteiger partial charge in [0.15, 0.2) is 0 Å². The smallest absolute Gasteiger partial charge is 0.414 e. The summed E-state index contributed by atoms with van der Waals surface area (Å²) in [6, 6.07) is 12.8. The number of amides is 2. The van der Waals surface area contributed by atoms with E-state index in [-0.39, 0.29) is 17.7 Å². The van der Waals surface area contributed by atoms with Crippen LogP contribution in [0.1, 0.15) is 16.7 Å². The number of rotatable bonds is 9. The minimum Gasteiger partial charge on any atom is -0.489 e. The van der Waals surface area contributed by atoms with Crippen LogP contribution in [0.2, 0.25) is 0 Å². The number of carbonyl (C=O) groups excluding carboxylic acids is 1. The Bertz CT molecular complexity index is 789. The zero-order valence-corrected chi connectivity index (χ0v) is 14.4. The van der Waals surface area contributed by atoms with Crippen LogP contribution in [0.4, 0.5) is 4.79 Å². The molecule has 8 heteroatoms. The number of hydrogen-bond acceptors (Lipinski definition) is 5. The van der Waals surface area contributed by atoms with Crippen LogP contribution >= 0.6 is 0 Å². The molecule has 2 aromatic carbocycles. The maximum atomic E-state index is 11.3. The van der Waals surface area contributed by atoms with Crippen molar-refractivity contribution in [1.29, 1.82) is 0 Å². The number of carboxylic acids is 1. The fourth-order valence-corrected chi connectivity index (χ4v) is 2.44. The Morgan fingerprint density at radius 3 is 2.04 bits per heavy atom. The third-order valence-corrected chi connectivity index (χ3v) is 3.97. The van der Waals surface area contributed by atoms with Gasteiger partial charge in [-0.15, -0.1) is 0 Å². The molecular formula is C19H20N2O6. The molecule has 0 fully saturated rings. The molecule has 0 aliphatic carbocycles. The summed E-state index contributed by atoms with van der Waals surface area (Å²) >= 11 is 0. The van der Waals surface area contributed by atoms with E-state index in [4.69, 9.17) is 15.6 Å². The first-order valence-electron chi connectivity index (χ1n) is 8.13. The molecule has 2 rings (SSSR count). The molecule has 0 bridgehead atoms. The highest BCUT2D eigenvalue weighted by molar-refractivity contribution is 5.87. The molecule has 0 radical (unpaired) electrons. The van der Waals surface area contributed by atoms with Crippen molar-refractivity contribution in [2.45, 2.75) is 25.6 Å². The van der Waals surface area contributed by atoms with Crippen LogP contribution in [-0.4, -0.2) is 39.6 Å². The van der Waals surface area contributed by atoms with Gasteiger partial charge in [-0.3, -0.25) is 4.79 Å². The van der Waals surface area contributed by atoms with Gasteiger partial charge < -0.3 is 20.7 Å². The van der Waals surface area contributed by atoms with Gasteiger partial charge in [0.1, 0.15) is 18.4 Å². The summed E-state index contributed by atoms with van der Waals surface area (Å²) in [5.41, 5.74) is 8.12. The summed E-state index contributed by atoms with van der Waals surface area (Å²) in [7, 11) is 0. The molecule has 27 heavy (non-hydrogen) atoms. The summed E-state index contributed by atoms with van der Waals surface area (Å²) in [4.78, 5) is 33.4. The van der Waals surface area contributed by atoms with E-state index in [0.717, 1.165) is 11.1 Å². The first kappa shape index (κ1) is 19.9. The molecule has 0 spiro atoms. The van der Waals surface area contributed by atoms with Crippen LogP contribution in [0.15, 0.2) is 48.5 Å². The second kappa shape index (κ2) is 9.35. The molecule has 0 saturated heterocycles. The monoisotopic (exact) mass is 372 g/mol. The van der Waals surface area contributed by atoms with Gasteiger partial charge in [-0.05, 0) is 28.8 Å². The van der Waals surface area contributed by atoms with Gasteiger partial charge in [0.05, 0.1) is 0 Å². The molecular weight excluding hydrogens is 352 g/mol. The Hall–Kier alpha value is -3.39. The number of benzene rings is 2. The molecule has 0 aliphatic heterocycles. The Morgan fingerprint density at radius 2 is 1.56 bits per heavy atom. The number of nitrogens with two attached hydrogens (primary N) is 1. The number of imide groups is 1. The fourth-order valence-electron chi connectivity index (χ4n) is 2.44. The molecule has 1 atom stereocenters. The average Bonchev–Trinajstić information content (AvgIpc) is 2.67. The van der Waals surface area contributed by atoms with Gasteiger partial charge in [-0.25, -0.2) is 14.5 Å².